The van der Waals surface area contributed by atoms with Crippen LogP contribution in [0, 0.1) is 0 Å². The molecule has 0 aliphatic carbocycles. The van der Waals surface area contributed by atoms with E-state index in [1.54, 1.807) is 18.2 Å². The van der Waals surface area contributed by atoms with Crippen LogP contribution in [0.1, 0.15) is 10.4 Å². The molecule has 0 spiro atoms. The van der Waals surface area contributed by atoms with Crippen molar-refractivity contribution in [2.75, 3.05) is 4.72 Å². The van der Waals surface area contributed by atoms with E-state index in [9.17, 15) is 13.2 Å². The second kappa shape index (κ2) is 5.73. The van der Waals surface area contributed by atoms with E-state index in [1.165, 1.54) is 30.3 Å². The number of hydrogen-bond acceptors (Lipinski definition) is 3. The Balaban J connectivity index is 1.99. The summed E-state index contributed by atoms with van der Waals surface area (Å²) >= 11 is 0. The number of carboxylic acid groups (broad SMARTS) is 1. The minimum absolute atomic E-state index is 0.0955. The van der Waals surface area contributed by atoms with Crippen molar-refractivity contribution in [3.05, 3.63) is 72.3 Å². The summed E-state index contributed by atoms with van der Waals surface area (Å²) in [5, 5.41) is 10.3. The van der Waals surface area contributed by atoms with Gasteiger partial charge < -0.3 is 5.11 Å². The van der Waals surface area contributed by atoms with Crippen LogP contribution in [0.2, 0.25) is 0 Å². The summed E-state index contributed by atoms with van der Waals surface area (Å²) in [5.74, 6) is -1.06. The van der Waals surface area contributed by atoms with Gasteiger partial charge in [-0.1, -0.05) is 36.4 Å². The summed E-state index contributed by atoms with van der Waals surface area (Å²) in [6, 6.07) is 17.8. The highest BCUT2D eigenvalue weighted by molar-refractivity contribution is 7.93. The first kappa shape index (κ1) is 15.1. The Labute approximate surface area is 133 Å². The van der Waals surface area contributed by atoms with E-state index >= 15 is 0 Å². The monoisotopic (exact) mass is 327 g/mol. The first-order valence-electron chi connectivity index (χ1n) is 6.81. The number of aromatic carboxylic acids is 1. The van der Waals surface area contributed by atoms with E-state index in [-0.39, 0.29) is 10.5 Å². The minimum Gasteiger partial charge on any atom is -0.478 e. The molecule has 0 aliphatic rings. The zero-order valence-corrected chi connectivity index (χ0v) is 12.7. The third kappa shape index (κ3) is 3.02. The second-order valence-corrected chi connectivity index (χ2v) is 6.62. The molecule has 0 aromatic heterocycles. The Bertz CT molecular complexity index is 974. The summed E-state index contributed by atoms with van der Waals surface area (Å²) in [4.78, 5) is 11.0. The lowest BCUT2D eigenvalue weighted by atomic mass is 10.1. The lowest BCUT2D eigenvalue weighted by Gasteiger charge is -2.10. The van der Waals surface area contributed by atoms with Gasteiger partial charge in [0.15, 0.2) is 0 Å². The lowest BCUT2D eigenvalue weighted by molar-refractivity contribution is 0.0697. The average molecular weight is 327 g/mol. The predicted molar refractivity (Wildman–Crippen MR) is 88.2 cm³/mol. The summed E-state index contributed by atoms with van der Waals surface area (Å²) in [7, 11) is -3.77. The normalized spacial score (nSPS) is 11.3. The van der Waals surface area contributed by atoms with Crippen LogP contribution in [0.3, 0.4) is 0 Å². The molecule has 0 fully saturated rings. The Morgan fingerprint density at radius 2 is 1.52 bits per heavy atom. The zero-order valence-electron chi connectivity index (χ0n) is 11.9. The highest BCUT2D eigenvalue weighted by atomic mass is 32.2. The smallest absolute Gasteiger partial charge is 0.335 e. The lowest BCUT2D eigenvalue weighted by Crippen LogP contribution is -2.13. The van der Waals surface area contributed by atoms with E-state index in [2.05, 4.69) is 4.72 Å². The van der Waals surface area contributed by atoms with E-state index in [1.807, 2.05) is 18.2 Å². The molecule has 3 rings (SSSR count). The molecule has 0 radical (unpaired) electrons. The van der Waals surface area contributed by atoms with Gasteiger partial charge in [0, 0.05) is 11.1 Å². The van der Waals surface area contributed by atoms with E-state index in [0.717, 1.165) is 5.39 Å². The summed E-state index contributed by atoms with van der Waals surface area (Å²) in [5.41, 5.74) is 0.404. The van der Waals surface area contributed by atoms with Gasteiger partial charge in [0.2, 0.25) is 0 Å². The van der Waals surface area contributed by atoms with Crippen molar-refractivity contribution in [3.63, 3.8) is 0 Å². The molecule has 0 atom stereocenters. The number of benzene rings is 3. The Morgan fingerprint density at radius 3 is 2.22 bits per heavy atom. The topological polar surface area (TPSA) is 83.5 Å². The van der Waals surface area contributed by atoms with E-state index in [0.29, 0.717) is 11.1 Å². The van der Waals surface area contributed by atoms with Gasteiger partial charge in [0.1, 0.15) is 0 Å². The largest absolute Gasteiger partial charge is 0.478 e. The van der Waals surface area contributed by atoms with Crippen LogP contribution in [0.25, 0.3) is 10.8 Å². The van der Waals surface area contributed by atoms with E-state index in [4.69, 9.17) is 5.11 Å². The maximum absolute atomic E-state index is 12.6. The van der Waals surface area contributed by atoms with Gasteiger partial charge in [0.05, 0.1) is 10.5 Å². The summed E-state index contributed by atoms with van der Waals surface area (Å²) in [6.45, 7) is 0. The van der Waals surface area contributed by atoms with Crippen LogP contribution >= 0.6 is 0 Å². The first-order valence-corrected chi connectivity index (χ1v) is 8.30. The number of fused-ring (bicyclic) bond motifs is 1. The SMILES string of the molecule is O=C(O)c1ccc(NS(=O)(=O)c2cccc3ccccc23)cc1. The molecule has 116 valence electrons. The molecular formula is C17H13NO4S. The molecule has 0 saturated heterocycles. The van der Waals surface area contributed by atoms with Crippen molar-refractivity contribution >= 4 is 32.5 Å². The number of rotatable bonds is 4. The number of carboxylic acids is 1. The summed E-state index contributed by atoms with van der Waals surface area (Å²) in [6.07, 6.45) is 0. The molecule has 3 aromatic carbocycles. The van der Waals surface area contributed by atoms with Crippen molar-refractivity contribution in [2.45, 2.75) is 4.90 Å². The predicted octanol–water partition coefficient (Wildman–Crippen LogP) is 3.34. The standard InChI is InChI=1S/C17H13NO4S/c19-17(20)13-8-10-14(11-9-13)18-23(21,22)16-7-3-5-12-4-1-2-6-15(12)16/h1-11,18H,(H,19,20). The zero-order chi connectivity index (χ0) is 16.4. The molecule has 2 N–H and O–H groups in total. The highest BCUT2D eigenvalue weighted by Gasteiger charge is 2.17. The number of sulfonamides is 1. The molecule has 0 heterocycles. The molecule has 0 unspecified atom stereocenters. The maximum atomic E-state index is 12.6. The summed E-state index contributed by atoms with van der Waals surface area (Å²) < 4.78 is 27.7. The number of carbonyl (C=O) groups is 1. The fourth-order valence-corrected chi connectivity index (χ4v) is 3.61. The molecule has 0 aliphatic heterocycles. The Morgan fingerprint density at radius 1 is 0.870 bits per heavy atom. The maximum Gasteiger partial charge on any atom is 0.335 e. The van der Waals surface area contributed by atoms with Crippen LogP contribution in [-0.2, 0) is 10.0 Å². The number of hydrogen-bond donors (Lipinski definition) is 2. The average Bonchev–Trinajstić information content (AvgIpc) is 2.54. The van der Waals surface area contributed by atoms with Crippen molar-refractivity contribution in [1.29, 1.82) is 0 Å². The fourth-order valence-electron chi connectivity index (χ4n) is 2.32. The van der Waals surface area contributed by atoms with Crippen LogP contribution < -0.4 is 4.72 Å². The van der Waals surface area contributed by atoms with Gasteiger partial charge in [-0.15, -0.1) is 0 Å². The third-order valence-corrected chi connectivity index (χ3v) is 4.86. The first-order chi connectivity index (χ1) is 11.0. The third-order valence-electron chi connectivity index (χ3n) is 3.42. The minimum atomic E-state index is -3.77. The molecule has 5 nitrogen and oxygen atoms in total. The molecular weight excluding hydrogens is 314 g/mol. The van der Waals surface area contributed by atoms with Crippen LogP contribution in [0.5, 0.6) is 0 Å². The van der Waals surface area contributed by atoms with Crippen LogP contribution in [-0.4, -0.2) is 19.5 Å². The molecule has 6 heteroatoms. The Hall–Kier alpha value is -2.86. The van der Waals surface area contributed by atoms with Crippen molar-refractivity contribution in [2.24, 2.45) is 0 Å². The molecule has 0 amide bonds. The number of anilines is 1. The molecule has 3 aromatic rings. The molecule has 23 heavy (non-hydrogen) atoms. The highest BCUT2D eigenvalue weighted by Crippen LogP contribution is 2.25. The quantitative estimate of drug-likeness (QED) is 0.770. The molecule has 0 bridgehead atoms. The van der Waals surface area contributed by atoms with Gasteiger partial charge in [-0.25, -0.2) is 13.2 Å². The van der Waals surface area contributed by atoms with Crippen LogP contribution in [0.15, 0.2) is 71.6 Å². The Kier molecular flexibility index (Phi) is 3.75. The van der Waals surface area contributed by atoms with Gasteiger partial charge >= 0.3 is 5.97 Å². The van der Waals surface area contributed by atoms with Crippen molar-refractivity contribution in [3.8, 4) is 0 Å². The second-order valence-electron chi connectivity index (χ2n) is 4.97. The van der Waals surface area contributed by atoms with Gasteiger partial charge in [-0.3, -0.25) is 4.72 Å². The van der Waals surface area contributed by atoms with Gasteiger partial charge in [-0.2, -0.15) is 0 Å². The van der Waals surface area contributed by atoms with Crippen molar-refractivity contribution in [1.82, 2.24) is 0 Å². The number of nitrogens with one attached hydrogen (secondary N) is 1. The van der Waals surface area contributed by atoms with Crippen molar-refractivity contribution < 1.29 is 18.3 Å². The molecule has 0 saturated carbocycles. The van der Waals surface area contributed by atoms with E-state index < -0.39 is 16.0 Å². The fraction of sp³-hybridized carbons (Fsp3) is 0. The van der Waals surface area contributed by atoms with Crippen LogP contribution in [0.4, 0.5) is 5.69 Å². The van der Waals surface area contributed by atoms with Gasteiger partial charge in [-0.05, 0) is 35.7 Å². The van der Waals surface area contributed by atoms with Gasteiger partial charge in [0.25, 0.3) is 10.0 Å².